The van der Waals surface area contributed by atoms with Crippen LogP contribution in [-0.2, 0) is 6.54 Å². The van der Waals surface area contributed by atoms with E-state index in [0.29, 0.717) is 29.0 Å². The normalized spacial score (nSPS) is 10.7. The van der Waals surface area contributed by atoms with Gasteiger partial charge >= 0.3 is 5.69 Å². The molecule has 104 valence electrons. The van der Waals surface area contributed by atoms with Crippen LogP contribution < -0.4 is 5.69 Å². The van der Waals surface area contributed by atoms with Gasteiger partial charge in [-0.05, 0) is 37.3 Å². The second kappa shape index (κ2) is 4.80. The van der Waals surface area contributed by atoms with Gasteiger partial charge in [-0.3, -0.25) is 4.57 Å². The number of rotatable bonds is 2. The number of phenols is 1. The maximum Gasteiger partial charge on any atom is 0.334 e. The second-order valence-corrected chi connectivity index (χ2v) is 4.56. The van der Waals surface area contributed by atoms with Gasteiger partial charge in [-0.15, -0.1) is 0 Å². The molecule has 2 heterocycles. The highest BCUT2D eigenvalue weighted by Gasteiger charge is 2.15. The number of aromatic hydroxyl groups is 1. The summed E-state index contributed by atoms with van der Waals surface area (Å²) in [5.74, 6) is 0.130. The third-order valence-electron chi connectivity index (χ3n) is 3.33. The lowest BCUT2D eigenvalue weighted by Gasteiger charge is -2.02. The molecule has 0 bridgehead atoms. The first kappa shape index (κ1) is 12.9. The van der Waals surface area contributed by atoms with Crippen LogP contribution in [0.25, 0.3) is 16.9 Å². The number of aromatic nitrogens is 3. The number of hydrogen-bond donors (Lipinski definition) is 1. The van der Waals surface area contributed by atoms with Gasteiger partial charge in [-0.2, -0.15) is 5.26 Å². The zero-order valence-corrected chi connectivity index (χ0v) is 11.3. The van der Waals surface area contributed by atoms with Gasteiger partial charge in [0, 0.05) is 12.7 Å². The summed E-state index contributed by atoms with van der Waals surface area (Å²) in [7, 11) is 0. The summed E-state index contributed by atoms with van der Waals surface area (Å²) in [6, 6.07) is 10.0. The minimum atomic E-state index is -0.222. The lowest BCUT2D eigenvalue weighted by atomic mass is 10.3. The van der Waals surface area contributed by atoms with Crippen LogP contribution in [0.3, 0.4) is 0 Å². The largest absolute Gasteiger partial charge is 0.508 e. The van der Waals surface area contributed by atoms with E-state index in [2.05, 4.69) is 4.98 Å². The van der Waals surface area contributed by atoms with Crippen LogP contribution in [0.5, 0.6) is 5.75 Å². The van der Waals surface area contributed by atoms with Gasteiger partial charge in [0.25, 0.3) is 0 Å². The number of fused-ring (bicyclic) bond motifs is 1. The average molecular weight is 280 g/mol. The summed E-state index contributed by atoms with van der Waals surface area (Å²) in [6.45, 7) is 2.35. The van der Waals surface area contributed by atoms with E-state index in [1.54, 1.807) is 22.8 Å². The fraction of sp³-hybridized carbons (Fsp3) is 0.133. The minimum absolute atomic E-state index is 0.130. The zero-order valence-electron chi connectivity index (χ0n) is 11.3. The fourth-order valence-corrected chi connectivity index (χ4v) is 2.33. The van der Waals surface area contributed by atoms with Crippen LogP contribution in [-0.4, -0.2) is 19.2 Å². The molecular formula is C15H12N4O2. The molecule has 0 saturated carbocycles. The highest BCUT2D eigenvalue weighted by Crippen LogP contribution is 2.18. The Morgan fingerprint density at radius 3 is 2.67 bits per heavy atom. The summed E-state index contributed by atoms with van der Waals surface area (Å²) in [4.78, 5) is 16.8. The molecule has 0 radical (unpaired) electrons. The quantitative estimate of drug-likeness (QED) is 0.775. The number of nitriles is 1. The molecule has 3 rings (SSSR count). The number of phenolic OH excluding ortho intramolecular Hbond substituents is 1. The van der Waals surface area contributed by atoms with Crippen LogP contribution in [0.15, 0.2) is 41.3 Å². The Hall–Kier alpha value is -3.07. The highest BCUT2D eigenvalue weighted by atomic mass is 16.3. The Balaban J connectivity index is 2.38. The van der Waals surface area contributed by atoms with Gasteiger partial charge in [0.05, 0.1) is 16.8 Å². The molecule has 0 fully saturated rings. The van der Waals surface area contributed by atoms with Gasteiger partial charge < -0.3 is 5.11 Å². The highest BCUT2D eigenvalue weighted by molar-refractivity contribution is 5.75. The smallest absolute Gasteiger partial charge is 0.334 e. The van der Waals surface area contributed by atoms with E-state index < -0.39 is 0 Å². The van der Waals surface area contributed by atoms with Crippen molar-refractivity contribution in [1.82, 2.24) is 14.1 Å². The summed E-state index contributed by atoms with van der Waals surface area (Å²) < 4.78 is 3.04. The monoisotopic (exact) mass is 280 g/mol. The molecule has 0 atom stereocenters. The van der Waals surface area contributed by atoms with E-state index in [1.165, 1.54) is 22.9 Å². The Morgan fingerprint density at radius 1 is 1.33 bits per heavy atom. The standard InChI is InChI=1S/C15H12N4O2/c1-2-18-13-7-10(8-16)9-17-14(13)19(15(18)21)11-3-5-12(20)6-4-11/h3-7,9,20H,2H2,1H3. The first-order valence-electron chi connectivity index (χ1n) is 6.46. The molecule has 0 aliphatic rings. The van der Waals surface area contributed by atoms with Crippen molar-refractivity contribution in [3.05, 3.63) is 52.6 Å². The van der Waals surface area contributed by atoms with Gasteiger partial charge in [0.15, 0.2) is 5.65 Å². The van der Waals surface area contributed by atoms with Crippen molar-refractivity contribution in [3.63, 3.8) is 0 Å². The molecular weight excluding hydrogens is 268 g/mol. The van der Waals surface area contributed by atoms with E-state index in [4.69, 9.17) is 5.26 Å². The third kappa shape index (κ3) is 1.96. The van der Waals surface area contributed by atoms with Crippen LogP contribution in [0.2, 0.25) is 0 Å². The lowest BCUT2D eigenvalue weighted by Crippen LogP contribution is -2.22. The molecule has 6 nitrogen and oxygen atoms in total. The summed E-state index contributed by atoms with van der Waals surface area (Å²) in [6.07, 6.45) is 1.44. The average Bonchev–Trinajstić information content (AvgIpc) is 2.78. The SMILES string of the molecule is CCn1c(=O)n(-c2ccc(O)cc2)c2ncc(C#N)cc21. The molecule has 1 aromatic carbocycles. The summed E-state index contributed by atoms with van der Waals surface area (Å²) in [5.41, 5.74) is 1.92. The molecule has 2 aromatic heterocycles. The van der Waals surface area contributed by atoms with E-state index >= 15 is 0 Å². The molecule has 1 N–H and O–H groups in total. The van der Waals surface area contributed by atoms with Gasteiger partial charge in [0.1, 0.15) is 11.8 Å². The molecule has 21 heavy (non-hydrogen) atoms. The maximum absolute atomic E-state index is 12.5. The number of imidazole rings is 1. The molecule has 0 aliphatic heterocycles. The number of pyridine rings is 1. The molecule has 0 saturated heterocycles. The molecule has 6 heteroatoms. The molecule has 0 spiro atoms. The van der Waals surface area contributed by atoms with E-state index in [-0.39, 0.29) is 11.4 Å². The van der Waals surface area contributed by atoms with Crippen molar-refractivity contribution >= 4 is 11.2 Å². The zero-order chi connectivity index (χ0) is 15.0. The Kier molecular flexibility index (Phi) is 2.95. The molecule has 0 amide bonds. The summed E-state index contributed by atoms with van der Waals surface area (Å²) in [5, 5.41) is 18.3. The van der Waals surface area contributed by atoms with Gasteiger partial charge in [0.2, 0.25) is 0 Å². The number of nitrogens with zero attached hydrogens (tertiary/aromatic N) is 4. The van der Waals surface area contributed by atoms with E-state index in [9.17, 15) is 9.90 Å². The Morgan fingerprint density at radius 2 is 2.05 bits per heavy atom. The fourth-order valence-electron chi connectivity index (χ4n) is 2.33. The number of hydrogen-bond acceptors (Lipinski definition) is 4. The maximum atomic E-state index is 12.5. The lowest BCUT2D eigenvalue weighted by molar-refractivity contribution is 0.475. The molecule has 0 aliphatic carbocycles. The van der Waals surface area contributed by atoms with E-state index in [0.717, 1.165) is 0 Å². The Bertz CT molecular complexity index is 914. The number of aryl methyl sites for hydroxylation is 1. The first-order valence-corrected chi connectivity index (χ1v) is 6.46. The van der Waals surface area contributed by atoms with Crippen molar-refractivity contribution in [1.29, 1.82) is 5.26 Å². The van der Waals surface area contributed by atoms with E-state index in [1.807, 2.05) is 13.0 Å². The predicted octanol–water partition coefficient (Wildman–Crippen LogP) is 1.78. The molecule has 3 aromatic rings. The summed E-state index contributed by atoms with van der Waals surface area (Å²) >= 11 is 0. The third-order valence-corrected chi connectivity index (χ3v) is 3.33. The van der Waals surface area contributed by atoms with Gasteiger partial charge in [-0.1, -0.05) is 0 Å². The van der Waals surface area contributed by atoms with Crippen molar-refractivity contribution in [2.24, 2.45) is 0 Å². The van der Waals surface area contributed by atoms with Crippen molar-refractivity contribution in [2.75, 3.05) is 0 Å². The van der Waals surface area contributed by atoms with Gasteiger partial charge in [-0.25, -0.2) is 14.3 Å². The van der Waals surface area contributed by atoms with Crippen molar-refractivity contribution < 1.29 is 5.11 Å². The van der Waals surface area contributed by atoms with Crippen LogP contribution in [0, 0.1) is 11.3 Å². The number of benzene rings is 1. The van der Waals surface area contributed by atoms with Crippen LogP contribution in [0.4, 0.5) is 0 Å². The first-order chi connectivity index (χ1) is 10.2. The van der Waals surface area contributed by atoms with Crippen LogP contribution in [0.1, 0.15) is 12.5 Å². The minimum Gasteiger partial charge on any atom is -0.508 e. The van der Waals surface area contributed by atoms with Crippen molar-refractivity contribution in [3.8, 4) is 17.5 Å². The molecule has 0 unspecified atom stereocenters. The van der Waals surface area contributed by atoms with Crippen molar-refractivity contribution in [2.45, 2.75) is 13.5 Å². The predicted molar refractivity (Wildman–Crippen MR) is 77.4 cm³/mol. The second-order valence-electron chi connectivity index (χ2n) is 4.56. The Labute approximate surface area is 120 Å². The topological polar surface area (TPSA) is 83.8 Å². The van der Waals surface area contributed by atoms with Crippen LogP contribution >= 0.6 is 0 Å².